The molecule has 2 unspecified atom stereocenters. The first kappa shape index (κ1) is 32.1. The highest BCUT2D eigenvalue weighted by Gasteiger charge is 2.32. The van der Waals surface area contributed by atoms with Crippen LogP contribution in [0, 0.1) is 6.92 Å². The van der Waals surface area contributed by atoms with Crippen LogP contribution in [-0.2, 0) is 14.4 Å². The Morgan fingerprint density at radius 1 is 1.11 bits per heavy atom. The van der Waals surface area contributed by atoms with Crippen molar-refractivity contribution >= 4 is 46.2 Å². The summed E-state index contributed by atoms with van der Waals surface area (Å²) in [4.78, 5) is 32.5. The molecular formula is C34H42ClN7O4. The van der Waals surface area contributed by atoms with E-state index in [1.807, 2.05) is 42.3 Å². The van der Waals surface area contributed by atoms with E-state index < -0.39 is 0 Å². The topological polar surface area (TPSA) is 104 Å². The fraction of sp³-hybridized carbons (Fsp3) is 0.441. The second-order valence-electron chi connectivity index (χ2n) is 12.0. The van der Waals surface area contributed by atoms with E-state index in [1.54, 1.807) is 7.11 Å². The number of nitrogens with zero attached hydrogens (tertiary/aromatic N) is 5. The lowest BCUT2D eigenvalue weighted by Crippen LogP contribution is -2.51. The number of aromatic nitrogens is 2. The van der Waals surface area contributed by atoms with E-state index in [0.717, 1.165) is 73.9 Å². The van der Waals surface area contributed by atoms with Crippen molar-refractivity contribution in [3.05, 3.63) is 71.5 Å². The molecule has 3 aliphatic heterocycles. The van der Waals surface area contributed by atoms with Crippen LogP contribution in [0.4, 0.5) is 28.7 Å². The van der Waals surface area contributed by atoms with Crippen LogP contribution in [0.25, 0.3) is 0 Å². The zero-order valence-electron chi connectivity index (χ0n) is 26.7. The molecule has 4 heterocycles. The van der Waals surface area contributed by atoms with Gasteiger partial charge < -0.3 is 25.0 Å². The number of benzene rings is 2. The molecule has 0 radical (unpaired) electrons. The number of nitrogens with one attached hydrogen (secondary N) is 2. The van der Waals surface area contributed by atoms with E-state index in [0.29, 0.717) is 41.4 Å². The molecule has 0 aliphatic carbocycles. The maximum absolute atomic E-state index is 12.5. The molecular weight excluding hydrogens is 606 g/mol. The van der Waals surface area contributed by atoms with Gasteiger partial charge in [-0.1, -0.05) is 30.3 Å². The lowest BCUT2D eigenvalue weighted by molar-refractivity contribution is -0.111. The monoisotopic (exact) mass is 647 g/mol. The first-order valence-corrected chi connectivity index (χ1v) is 16.2. The third-order valence-corrected chi connectivity index (χ3v) is 9.48. The van der Waals surface area contributed by atoms with Gasteiger partial charge in [0.25, 0.3) is 0 Å². The van der Waals surface area contributed by atoms with Gasteiger partial charge in [0.15, 0.2) is 5.82 Å². The Hall–Kier alpha value is -3.90. The van der Waals surface area contributed by atoms with E-state index in [4.69, 9.17) is 25.9 Å². The van der Waals surface area contributed by atoms with Gasteiger partial charge in [0, 0.05) is 55.8 Å². The number of rotatable bonds is 9. The van der Waals surface area contributed by atoms with Crippen molar-refractivity contribution < 1.29 is 19.1 Å². The summed E-state index contributed by atoms with van der Waals surface area (Å²) < 4.78 is 11.6. The molecule has 6 rings (SSSR count). The maximum Gasteiger partial charge on any atom is 0.247 e. The number of hydrogen-bond donors (Lipinski definition) is 2. The molecule has 2 N–H and O–H groups in total. The van der Waals surface area contributed by atoms with Gasteiger partial charge in [0.2, 0.25) is 5.91 Å². The minimum absolute atomic E-state index is 0.0354. The third-order valence-electron chi connectivity index (χ3n) is 9.07. The molecule has 0 bridgehead atoms. The summed E-state index contributed by atoms with van der Waals surface area (Å²) in [6, 6.07) is 12.1. The van der Waals surface area contributed by atoms with Crippen LogP contribution >= 0.6 is 11.6 Å². The van der Waals surface area contributed by atoms with Gasteiger partial charge in [-0.3, -0.25) is 14.5 Å². The number of amides is 1. The number of ether oxygens (including phenoxy) is 2. The second-order valence-corrected chi connectivity index (χ2v) is 12.4. The first-order valence-electron chi connectivity index (χ1n) is 15.9. The smallest absolute Gasteiger partial charge is 0.247 e. The molecule has 2 atom stereocenters. The predicted octanol–water partition coefficient (Wildman–Crippen LogP) is 5.89. The molecule has 244 valence electrons. The minimum Gasteiger partial charge on any atom is -0.494 e. The van der Waals surface area contributed by atoms with Crippen LogP contribution in [0.15, 0.2) is 55.4 Å². The number of carbonyl (C=O) groups excluding carboxylic acids is 1. The fourth-order valence-electron chi connectivity index (χ4n) is 6.67. The van der Waals surface area contributed by atoms with Crippen molar-refractivity contribution in [2.75, 3.05) is 67.1 Å². The van der Waals surface area contributed by atoms with Crippen LogP contribution in [0.5, 0.6) is 5.75 Å². The van der Waals surface area contributed by atoms with E-state index in [9.17, 15) is 4.79 Å². The molecule has 0 spiro atoms. The molecule has 0 saturated carbocycles. The average molecular weight is 648 g/mol. The van der Waals surface area contributed by atoms with E-state index >= 15 is 0 Å². The average Bonchev–Trinajstić information content (AvgIpc) is 3.56. The van der Waals surface area contributed by atoms with Crippen molar-refractivity contribution in [1.82, 2.24) is 14.9 Å². The Balaban J connectivity index is 1.24. The zero-order valence-corrected chi connectivity index (χ0v) is 27.4. The number of hydrogen-bond acceptors (Lipinski definition) is 10. The number of hydroxylamine groups is 1. The SMILES string of the molecule is C=CC(=O)Nc1cc(Nc2cc(N3OCCC3c3cccc(Cl)c3C)ncn2)c(OC)cc1N1CCC(N2CCOC(C)C2)CC1. The Bertz CT molecular complexity index is 1560. The molecule has 3 aliphatic rings. The van der Waals surface area contributed by atoms with E-state index in [-0.39, 0.29) is 18.1 Å². The summed E-state index contributed by atoms with van der Waals surface area (Å²) in [7, 11) is 1.64. The molecule has 3 aromatic rings. The molecule has 2 aromatic carbocycles. The Kier molecular flexibility index (Phi) is 9.93. The normalized spacial score (nSPS) is 20.9. The molecule has 11 nitrogen and oxygen atoms in total. The molecule has 3 fully saturated rings. The molecule has 3 saturated heterocycles. The lowest BCUT2D eigenvalue weighted by atomic mass is 9.99. The first-order chi connectivity index (χ1) is 22.3. The molecule has 1 amide bonds. The van der Waals surface area contributed by atoms with Gasteiger partial charge in [0.05, 0.1) is 49.5 Å². The van der Waals surface area contributed by atoms with E-state index in [1.165, 1.54) is 12.4 Å². The van der Waals surface area contributed by atoms with Gasteiger partial charge in [-0.05, 0) is 56.0 Å². The number of carbonyl (C=O) groups is 1. The lowest BCUT2D eigenvalue weighted by Gasteiger charge is -2.42. The summed E-state index contributed by atoms with van der Waals surface area (Å²) in [6.45, 7) is 12.8. The highest BCUT2D eigenvalue weighted by molar-refractivity contribution is 6.31. The van der Waals surface area contributed by atoms with Gasteiger partial charge in [-0.25, -0.2) is 15.0 Å². The Morgan fingerprint density at radius 3 is 2.70 bits per heavy atom. The largest absolute Gasteiger partial charge is 0.494 e. The standard InChI is InChI=1S/C34H42ClN7O4/c1-5-34(43)39-27-17-28(31(44-4)18-30(27)40-12-9-24(10-13-40)41-14-16-45-22(2)20-41)38-32-19-33(37-21-36-32)42-29(11-15-46-42)25-7-6-8-26(35)23(25)3/h5-8,17-19,21-22,24,29H,1,9-16,20H2,2-4H3,(H,39,43)(H,36,37,38). The van der Waals surface area contributed by atoms with Crippen molar-refractivity contribution in [2.24, 2.45) is 0 Å². The maximum atomic E-state index is 12.5. The summed E-state index contributed by atoms with van der Waals surface area (Å²) >= 11 is 6.44. The van der Waals surface area contributed by atoms with Gasteiger partial charge in [-0.15, -0.1) is 0 Å². The number of anilines is 5. The van der Waals surface area contributed by atoms with Crippen molar-refractivity contribution in [2.45, 2.75) is 51.3 Å². The van der Waals surface area contributed by atoms with Crippen LogP contribution in [0.2, 0.25) is 5.02 Å². The Labute approximate surface area is 275 Å². The predicted molar refractivity (Wildman–Crippen MR) is 181 cm³/mol. The quantitative estimate of drug-likeness (QED) is 0.273. The summed E-state index contributed by atoms with van der Waals surface area (Å²) in [5.41, 5.74) is 4.34. The number of methoxy groups -OCH3 is 1. The van der Waals surface area contributed by atoms with E-state index in [2.05, 4.69) is 50.0 Å². The zero-order chi connectivity index (χ0) is 32.2. The van der Waals surface area contributed by atoms with Gasteiger partial charge in [0.1, 0.15) is 17.9 Å². The summed E-state index contributed by atoms with van der Waals surface area (Å²) in [5.74, 6) is 1.51. The highest BCUT2D eigenvalue weighted by atomic mass is 35.5. The number of morpholine rings is 1. The van der Waals surface area contributed by atoms with Crippen LogP contribution in [-0.4, -0.2) is 79.4 Å². The summed E-state index contributed by atoms with van der Waals surface area (Å²) in [6.07, 6.45) is 5.90. The van der Waals surface area contributed by atoms with Crippen molar-refractivity contribution in [3.63, 3.8) is 0 Å². The van der Waals surface area contributed by atoms with Gasteiger partial charge >= 0.3 is 0 Å². The second kappa shape index (κ2) is 14.3. The third kappa shape index (κ3) is 6.92. The Morgan fingerprint density at radius 2 is 1.93 bits per heavy atom. The van der Waals surface area contributed by atoms with Crippen LogP contribution < -0.4 is 25.3 Å². The van der Waals surface area contributed by atoms with Crippen molar-refractivity contribution in [3.8, 4) is 5.75 Å². The molecule has 1 aromatic heterocycles. The highest BCUT2D eigenvalue weighted by Crippen LogP contribution is 2.41. The molecule has 46 heavy (non-hydrogen) atoms. The van der Waals surface area contributed by atoms with Crippen LogP contribution in [0.3, 0.4) is 0 Å². The molecule has 12 heteroatoms. The summed E-state index contributed by atoms with van der Waals surface area (Å²) in [5, 5.41) is 8.94. The number of piperidine rings is 1. The van der Waals surface area contributed by atoms with Crippen LogP contribution in [0.1, 0.15) is 43.4 Å². The number of halogens is 1. The minimum atomic E-state index is -0.285. The van der Waals surface area contributed by atoms with Crippen molar-refractivity contribution in [1.29, 1.82) is 0 Å². The van der Waals surface area contributed by atoms with Gasteiger partial charge in [-0.2, -0.15) is 0 Å². The fourth-order valence-corrected chi connectivity index (χ4v) is 6.85.